The highest BCUT2D eigenvalue weighted by molar-refractivity contribution is 7.80. The number of nitrogens with two attached hydrogens (primary N) is 1. The minimum atomic E-state index is 0.442. The Hall–Kier alpha value is -1.46. The second kappa shape index (κ2) is 6.12. The van der Waals surface area contributed by atoms with Crippen LogP contribution < -0.4 is 10.6 Å². The first-order valence-corrected chi connectivity index (χ1v) is 8.57. The van der Waals surface area contributed by atoms with Gasteiger partial charge in [0.2, 0.25) is 0 Å². The average Bonchev–Trinajstić information content (AvgIpc) is 3.14. The van der Waals surface area contributed by atoms with Gasteiger partial charge >= 0.3 is 0 Å². The van der Waals surface area contributed by atoms with E-state index in [1.807, 2.05) is 0 Å². The first-order chi connectivity index (χ1) is 10.2. The van der Waals surface area contributed by atoms with Gasteiger partial charge in [0.1, 0.15) is 10.8 Å². The number of hydrogen-bond donors (Lipinski definition) is 1. The third-order valence-corrected chi connectivity index (χ3v) is 4.99. The normalized spacial score (nSPS) is 13.2. The molecule has 2 heterocycles. The molecule has 0 aromatic carbocycles. The lowest BCUT2D eigenvalue weighted by atomic mass is 10.1. The molecule has 2 aromatic heterocycles. The maximum atomic E-state index is 5.94. The van der Waals surface area contributed by atoms with Crippen molar-refractivity contribution in [1.82, 2.24) is 4.98 Å². The van der Waals surface area contributed by atoms with Crippen molar-refractivity contribution in [2.24, 2.45) is 5.73 Å². The van der Waals surface area contributed by atoms with Crippen LogP contribution in [0.4, 0.5) is 5.82 Å². The van der Waals surface area contributed by atoms with E-state index in [1.54, 1.807) is 11.3 Å². The molecule has 110 valence electrons. The predicted octanol–water partition coefficient (Wildman–Crippen LogP) is 3.29. The standard InChI is InChI=1S/C16H19N3S2/c1-2-19(10-12-6-4-8-21-12)16-13(15(17)20)9-11-5-3-7-14(11)18-16/h4,6,8-9H,2-3,5,7,10H2,1H3,(H2,17,20). The predicted molar refractivity (Wildman–Crippen MR) is 93.2 cm³/mol. The van der Waals surface area contributed by atoms with Gasteiger partial charge < -0.3 is 10.6 Å². The molecule has 3 rings (SSSR count). The number of nitrogens with zero attached hydrogens (tertiary/aromatic N) is 2. The zero-order valence-electron chi connectivity index (χ0n) is 12.1. The first-order valence-electron chi connectivity index (χ1n) is 7.29. The molecule has 0 fully saturated rings. The Morgan fingerprint density at radius 3 is 3.00 bits per heavy atom. The number of thiocarbonyl (C=S) groups is 1. The number of aromatic nitrogens is 1. The molecule has 1 aliphatic carbocycles. The molecule has 1 aliphatic rings. The molecule has 2 N–H and O–H groups in total. The van der Waals surface area contributed by atoms with Gasteiger partial charge in [-0.25, -0.2) is 4.98 Å². The number of rotatable bonds is 5. The molecule has 0 spiro atoms. The van der Waals surface area contributed by atoms with Crippen molar-refractivity contribution in [1.29, 1.82) is 0 Å². The smallest absolute Gasteiger partial charge is 0.139 e. The van der Waals surface area contributed by atoms with Crippen molar-refractivity contribution in [3.63, 3.8) is 0 Å². The Morgan fingerprint density at radius 1 is 1.48 bits per heavy atom. The lowest BCUT2D eigenvalue weighted by Crippen LogP contribution is -2.27. The summed E-state index contributed by atoms with van der Waals surface area (Å²) in [6, 6.07) is 6.39. The van der Waals surface area contributed by atoms with Gasteiger partial charge in [0.25, 0.3) is 0 Å². The Morgan fingerprint density at radius 2 is 2.33 bits per heavy atom. The van der Waals surface area contributed by atoms with E-state index >= 15 is 0 Å². The Labute approximate surface area is 134 Å². The third kappa shape index (κ3) is 2.94. The Kier molecular flexibility index (Phi) is 4.22. The molecule has 0 amide bonds. The zero-order chi connectivity index (χ0) is 14.8. The van der Waals surface area contributed by atoms with Crippen molar-refractivity contribution in [2.75, 3.05) is 11.4 Å². The maximum Gasteiger partial charge on any atom is 0.139 e. The molecule has 0 aliphatic heterocycles. The van der Waals surface area contributed by atoms with Crippen LogP contribution in [0.2, 0.25) is 0 Å². The van der Waals surface area contributed by atoms with E-state index < -0.39 is 0 Å². The van der Waals surface area contributed by atoms with Crippen LogP contribution in [0.1, 0.15) is 35.0 Å². The van der Waals surface area contributed by atoms with E-state index in [0.717, 1.165) is 37.3 Å². The van der Waals surface area contributed by atoms with E-state index in [9.17, 15) is 0 Å². The molecule has 0 bridgehead atoms. The molecular weight excluding hydrogens is 298 g/mol. The first kappa shape index (κ1) is 14.5. The highest BCUT2D eigenvalue weighted by Gasteiger charge is 2.20. The van der Waals surface area contributed by atoms with Gasteiger partial charge in [-0.1, -0.05) is 18.3 Å². The lowest BCUT2D eigenvalue weighted by Gasteiger charge is -2.24. The fraction of sp³-hybridized carbons (Fsp3) is 0.375. The third-order valence-electron chi connectivity index (χ3n) is 3.90. The SMILES string of the molecule is CCN(Cc1cccs1)c1nc2c(cc1C(N)=S)CCC2. The van der Waals surface area contributed by atoms with E-state index in [1.165, 1.54) is 22.6 Å². The van der Waals surface area contributed by atoms with Crippen molar-refractivity contribution in [3.8, 4) is 0 Å². The van der Waals surface area contributed by atoms with E-state index in [2.05, 4.69) is 35.4 Å². The fourth-order valence-electron chi connectivity index (χ4n) is 2.81. The highest BCUT2D eigenvalue weighted by atomic mass is 32.1. The second-order valence-corrected chi connectivity index (χ2v) is 6.75. The van der Waals surface area contributed by atoms with Crippen LogP contribution in [0.3, 0.4) is 0 Å². The van der Waals surface area contributed by atoms with Gasteiger partial charge in [0.15, 0.2) is 0 Å². The number of fused-ring (bicyclic) bond motifs is 1. The lowest BCUT2D eigenvalue weighted by molar-refractivity contribution is 0.814. The van der Waals surface area contributed by atoms with Crippen LogP contribution in [0, 0.1) is 0 Å². The number of thiophene rings is 1. The van der Waals surface area contributed by atoms with E-state index in [0.29, 0.717) is 4.99 Å². The molecule has 2 aromatic rings. The van der Waals surface area contributed by atoms with Crippen molar-refractivity contribution < 1.29 is 0 Å². The summed E-state index contributed by atoms with van der Waals surface area (Å²) in [5.74, 6) is 0.944. The molecule has 0 radical (unpaired) electrons. The van der Waals surface area contributed by atoms with Gasteiger partial charge in [-0.2, -0.15) is 0 Å². The number of hydrogen-bond acceptors (Lipinski definition) is 4. The summed E-state index contributed by atoms with van der Waals surface area (Å²) in [6.45, 7) is 3.89. The average molecular weight is 317 g/mol. The molecule has 0 unspecified atom stereocenters. The fourth-order valence-corrected chi connectivity index (χ4v) is 3.68. The molecule has 5 heteroatoms. The quantitative estimate of drug-likeness (QED) is 0.859. The van der Waals surface area contributed by atoms with Gasteiger partial charge in [0, 0.05) is 17.1 Å². The van der Waals surface area contributed by atoms with E-state index in [-0.39, 0.29) is 0 Å². The molecule has 21 heavy (non-hydrogen) atoms. The summed E-state index contributed by atoms with van der Waals surface area (Å²) in [7, 11) is 0. The summed E-state index contributed by atoms with van der Waals surface area (Å²) in [4.78, 5) is 8.92. The van der Waals surface area contributed by atoms with Crippen LogP contribution in [-0.4, -0.2) is 16.5 Å². The molecule has 0 saturated carbocycles. The minimum Gasteiger partial charge on any atom is -0.389 e. The van der Waals surface area contributed by atoms with Gasteiger partial charge in [-0.05, 0) is 49.3 Å². The maximum absolute atomic E-state index is 5.94. The molecule has 3 nitrogen and oxygen atoms in total. The van der Waals surface area contributed by atoms with Crippen LogP contribution in [0.5, 0.6) is 0 Å². The Bertz CT molecular complexity index is 650. The number of pyridine rings is 1. The topological polar surface area (TPSA) is 42.2 Å². The summed E-state index contributed by atoms with van der Waals surface area (Å²) in [5, 5.41) is 2.10. The van der Waals surface area contributed by atoms with Crippen LogP contribution >= 0.6 is 23.6 Å². The van der Waals surface area contributed by atoms with Crippen LogP contribution in [0.15, 0.2) is 23.6 Å². The number of aryl methyl sites for hydroxylation is 2. The van der Waals surface area contributed by atoms with Gasteiger partial charge in [0.05, 0.1) is 12.1 Å². The summed E-state index contributed by atoms with van der Waals surface area (Å²) in [5.41, 5.74) is 9.39. The van der Waals surface area contributed by atoms with Crippen molar-refractivity contribution in [3.05, 3.63) is 45.3 Å². The molecular formula is C16H19N3S2. The highest BCUT2D eigenvalue weighted by Crippen LogP contribution is 2.28. The second-order valence-electron chi connectivity index (χ2n) is 5.28. The van der Waals surface area contributed by atoms with Crippen LogP contribution in [0.25, 0.3) is 0 Å². The van der Waals surface area contributed by atoms with Gasteiger partial charge in [-0.3, -0.25) is 0 Å². The summed E-state index contributed by atoms with van der Waals surface area (Å²) >= 11 is 7.02. The van der Waals surface area contributed by atoms with Crippen molar-refractivity contribution in [2.45, 2.75) is 32.7 Å². The summed E-state index contributed by atoms with van der Waals surface area (Å²) in [6.07, 6.45) is 3.34. The number of anilines is 1. The van der Waals surface area contributed by atoms with E-state index in [4.69, 9.17) is 22.9 Å². The minimum absolute atomic E-state index is 0.442. The summed E-state index contributed by atoms with van der Waals surface area (Å²) < 4.78 is 0. The largest absolute Gasteiger partial charge is 0.389 e. The monoisotopic (exact) mass is 317 g/mol. The van der Waals surface area contributed by atoms with Crippen molar-refractivity contribution >= 4 is 34.4 Å². The zero-order valence-corrected chi connectivity index (χ0v) is 13.8. The van der Waals surface area contributed by atoms with Crippen LogP contribution in [-0.2, 0) is 19.4 Å². The Balaban J connectivity index is 2.00. The van der Waals surface area contributed by atoms with Gasteiger partial charge in [-0.15, -0.1) is 11.3 Å². The molecule has 0 saturated heterocycles. The molecule has 0 atom stereocenters.